The number of aromatic nitrogens is 1. The van der Waals surface area contributed by atoms with Gasteiger partial charge in [0.1, 0.15) is 30.6 Å². The second-order valence-electron chi connectivity index (χ2n) is 12.8. The minimum Gasteiger partial charge on any atom is -0.492 e. The van der Waals surface area contributed by atoms with E-state index in [-0.39, 0.29) is 49.7 Å². The van der Waals surface area contributed by atoms with E-state index in [1.807, 2.05) is 66.7 Å². The zero-order valence-electron chi connectivity index (χ0n) is 31.0. The molecular formula is C42H42Cl3N5O7. The van der Waals surface area contributed by atoms with Gasteiger partial charge in [-0.05, 0) is 47.5 Å². The molecule has 0 unspecified atom stereocenters. The van der Waals surface area contributed by atoms with Crippen LogP contribution in [-0.2, 0) is 24.6 Å². The number of hydrogen-bond donors (Lipinski definition) is 6. The summed E-state index contributed by atoms with van der Waals surface area (Å²) in [5.41, 5.74) is 6.24. The lowest BCUT2D eigenvalue weighted by Crippen LogP contribution is -2.28. The van der Waals surface area contributed by atoms with Gasteiger partial charge < -0.3 is 45.5 Å². The van der Waals surface area contributed by atoms with E-state index in [2.05, 4.69) is 27.0 Å². The van der Waals surface area contributed by atoms with Crippen molar-refractivity contribution in [2.45, 2.75) is 32.3 Å². The molecule has 4 aromatic carbocycles. The number of nitrogens with one attached hydrogen (secondary N) is 3. The van der Waals surface area contributed by atoms with Crippen LogP contribution in [0, 0.1) is 11.3 Å². The van der Waals surface area contributed by atoms with Crippen LogP contribution in [0.5, 0.6) is 17.5 Å². The van der Waals surface area contributed by atoms with Gasteiger partial charge in [-0.3, -0.25) is 4.79 Å². The molecule has 0 saturated heterocycles. The number of aliphatic carboxylic acids is 1. The number of rotatable bonds is 21. The van der Waals surface area contributed by atoms with Crippen LogP contribution in [0.1, 0.15) is 28.7 Å². The lowest BCUT2D eigenvalue weighted by Gasteiger charge is -2.17. The van der Waals surface area contributed by atoms with Gasteiger partial charge >= 0.3 is 5.97 Å². The Balaban J connectivity index is 1.34. The van der Waals surface area contributed by atoms with Crippen molar-refractivity contribution in [2.24, 2.45) is 0 Å². The van der Waals surface area contributed by atoms with Gasteiger partial charge in [-0.2, -0.15) is 10.2 Å². The molecule has 0 aliphatic heterocycles. The Labute approximate surface area is 345 Å². The predicted molar refractivity (Wildman–Crippen MR) is 221 cm³/mol. The van der Waals surface area contributed by atoms with Crippen LogP contribution in [0.15, 0.2) is 84.9 Å². The largest absolute Gasteiger partial charge is 0.492 e. The maximum atomic E-state index is 11.0. The van der Waals surface area contributed by atoms with Crippen molar-refractivity contribution >= 4 is 46.5 Å². The summed E-state index contributed by atoms with van der Waals surface area (Å²) in [7, 11) is 1.75. The molecule has 12 nitrogen and oxygen atoms in total. The molecule has 0 amide bonds. The van der Waals surface area contributed by atoms with E-state index in [9.17, 15) is 15.2 Å². The number of hydrogen-bond acceptors (Lipinski definition) is 11. The zero-order valence-corrected chi connectivity index (χ0v) is 33.3. The van der Waals surface area contributed by atoms with Crippen LogP contribution >= 0.6 is 34.8 Å². The van der Waals surface area contributed by atoms with Crippen LogP contribution in [-0.4, -0.2) is 72.3 Å². The quantitative estimate of drug-likeness (QED) is 0.0406. The Morgan fingerprint density at radius 3 is 2.28 bits per heavy atom. The number of carbonyl (C=O) groups is 1. The fraction of sp³-hybridized carbons (Fsp3) is 0.262. The van der Waals surface area contributed by atoms with Crippen molar-refractivity contribution in [3.05, 3.63) is 122 Å². The summed E-state index contributed by atoms with van der Waals surface area (Å²) in [6.45, 7) is 1.89. The zero-order chi connectivity index (χ0) is 40.7. The molecule has 1 atom stereocenters. The highest BCUT2D eigenvalue weighted by Crippen LogP contribution is 2.41. The summed E-state index contributed by atoms with van der Waals surface area (Å²) in [6, 6.07) is 28.0. The predicted octanol–water partition coefficient (Wildman–Crippen LogP) is 7.33. The smallest absolute Gasteiger partial charge is 0.306 e. The molecule has 15 heteroatoms. The molecule has 0 spiro atoms. The second kappa shape index (κ2) is 21.4. The lowest BCUT2D eigenvalue weighted by atomic mass is 9.97. The topological polar surface area (TPSA) is 178 Å². The Kier molecular flexibility index (Phi) is 16.2. The molecule has 0 radical (unpaired) electrons. The number of aliphatic hydroxyl groups excluding tert-OH is 2. The van der Waals surface area contributed by atoms with Gasteiger partial charge in [-0.25, -0.2) is 0 Å². The van der Waals surface area contributed by atoms with Crippen LogP contribution in [0.3, 0.4) is 0 Å². The highest BCUT2D eigenvalue weighted by molar-refractivity contribution is 6.38. The molecule has 5 aromatic rings. The van der Waals surface area contributed by atoms with Gasteiger partial charge in [-0.15, -0.1) is 0 Å². The molecule has 1 heterocycles. The normalized spacial score (nSPS) is 11.5. The highest BCUT2D eigenvalue weighted by Gasteiger charge is 2.18. The lowest BCUT2D eigenvalue weighted by molar-refractivity contribution is -0.139. The summed E-state index contributed by atoms with van der Waals surface area (Å²) < 4.78 is 18.1. The highest BCUT2D eigenvalue weighted by atomic mass is 35.5. The van der Waals surface area contributed by atoms with Crippen molar-refractivity contribution in [1.29, 1.82) is 5.26 Å². The molecule has 0 bridgehead atoms. The maximum absolute atomic E-state index is 11.0. The average Bonchev–Trinajstić information content (AvgIpc) is 3.20. The number of pyridine rings is 1. The second-order valence-corrected chi connectivity index (χ2v) is 13.9. The van der Waals surface area contributed by atoms with E-state index >= 15 is 0 Å². The fourth-order valence-corrected chi connectivity index (χ4v) is 6.66. The number of nitriles is 1. The third kappa shape index (κ3) is 12.2. The summed E-state index contributed by atoms with van der Waals surface area (Å²) in [5, 5.41) is 47.7. The Hall–Kier alpha value is -5.10. The molecule has 5 rings (SSSR count). The van der Waals surface area contributed by atoms with Crippen molar-refractivity contribution in [3.63, 3.8) is 0 Å². The van der Waals surface area contributed by atoms with Gasteiger partial charge in [-0.1, -0.05) is 83.3 Å². The molecule has 6 N–H and O–H groups in total. The number of halogens is 3. The van der Waals surface area contributed by atoms with Gasteiger partial charge in [0.15, 0.2) is 0 Å². The van der Waals surface area contributed by atoms with Gasteiger partial charge in [0.25, 0.3) is 0 Å². The first-order valence-electron chi connectivity index (χ1n) is 18.0. The van der Waals surface area contributed by atoms with Crippen molar-refractivity contribution in [3.8, 4) is 45.8 Å². The number of benzene rings is 4. The Morgan fingerprint density at radius 2 is 1.56 bits per heavy atom. The first kappa shape index (κ1) is 43.0. The minimum atomic E-state index is -1.12. The third-order valence-corrected chi connectivity index (χ3v) is 9.73. The summed E-state index contributed by atoms with van der Waals surface area (Å²) >= 11 is 20.7. The van der Waals surface area contributed by atoms with Crippen LogP contribution in [0.2, 0.25) is 15.1 Å². The summed E-state index contributed by atoms with van der Waals surface area (Å²) in [4.78, 5) is 15.6. The van der Waals surface area contributed by atoms with E-state index < -0.39 is 18.5 Å². The van der Waals surface area contributed by atoms with Crippen molar-refractivity contribution < 1.29 is 34.3 Å². The molecule has 0 saturated carbocycles. The summed E-state index contributed by atoms with van der Waals surface area (Å²) in [5.74, 6) is -0.136. The van der Waals surface area contributed by atoms with Crippen LogP contribution < -0.4 is 30.2 Å². The van der Waals surface area contributed by atoms with Crippen molar-refractivity contribution in [1.82, 2.24) is 15.6 Å². The van der Waals surface area contributed by atoms with Gasteiger partial charge in [0.05, 0.1) is 40.8 Å². The third-order valence-electron chi connectivity index (χ3n) is 8.61. The van der Waals surface area contributed by atoms with E-state index in [1.54, 1.807) is 25.2 Å². The molecule has 1 aromatic heterocycles. The Morgan fingerprint density at radius 1 is 0.842 bits per heavy atom. The number of ether oxygens (including phenoxy) is 3. The minimum absolute atomic E-state index is 0.00183. The number of nitrogens with zero attached hydrogens (tertiary/aromatic N) is 2. The number of carboxylic acids is 1. The number of carboxylic acid groups (broad SMARTS) is 1. The fourth-order valence-electron chi connectivity index (χ4n) is 5.81. The maximum Gasteiger partial charge on any atom is 0.306 e. The van der Waals surface area contributed by atoms with Crippen LogP contribution in [0.25, 0.3) is 22.3 Å². The first-order chi connectivity index (χ1) is 27.6. The van der Waals surface area contributed by atoms with E-state index in [4.69, 9.17) is 59.2 Å². The average molecular weight is 835 g/mol. The molecule has 57 heavy (non-hydrogen) atoms. The molecule has 298 valence electrons. The van der Waals surface area contributed by atoms with E-state index in [0.29, 0.717) is 63.3 Å². The Bertz CT molecular complexity index is 2180. The molecule has 0 aliphatic carbocycles. The van der Waals surface area contributed by atoms with Gasteiger partial charge in [0, 0.05) is 66.7 Å². The number of aliphatic hydroxyl groups is 2. The van der Waals surface area contributed by atoms with Gasteiger partial charge in [0.2, 0.25) is 11.8 Å². The van der Waals surface area contributed by atoms with E-state index in [0.717, 1.165) is 22.4 Å². The monoisotopic (exact) mass is 833 g/mol. The summed E-state index contributed by atoms with van der Waals surface area (Å²) in [6.07, 6.45) is -1.52. The van der Waals surface area contributed by atoms with Crippen molar-refractivity contribution in [2.75, 3.05) is 45.2 Å². The standard InChI is InChI=1S/C42H42Cl3N5O7/c1-47-31-17-26(21-46)16-27(18-31)24-56-41-30(22-49-23-32(52)20-38(53)54)19-37(43)42(50-41)57-25-29-4-2-6-35(39(29)44)36-7-3-5-34(40(36)45)28-8-10-33(11-9-28)55-15-13-48-12-14-51/h2-11,16-19,32,47-49,51-52H,12-15,20,22-25H2,1H3,(H,53,54)/t32-/m0/s1. The molecule has 0 aliphatic rings. The first-order valence-corrected chi connectivity index (χ1v) is 19.1. The van der Waals surface area contributed by atoms with Crippen LogP contribution in [0.4, 0.5) is 5.69 Å². The van der Waals surface area contributed by atoms with E-state index in [1.165, 1.54) is 0 Å². The molecule has 0 fully saturated rings. The SMILES string of the molecule is CNc1cc(C#N)cc(COc2nc(OCc3cccc(-c4cccc(-c5ccc(OCCNCCO)cc5)c4Cl)c3Cl)c(Cl)cc2CNC[C@@H](O)CC(=O)O)c1. The molecular weight excluding hydrogens is 793 g/mol. The number of anilines is 1.